The molecule has 1 rings (SSSR count). The van der Waals surface area contributed by atoms with Gasteiger partial charge in [-0.3, -0.25) is 0 Å². The van der Waals surface area contributed by atoms with Crippen molar-refractivity contribution in [2.75, 3.05) is 0 Å². The maximum Gasteiger partial charge on any atom is 0.460 e. The van der Waals surface area contributed by atoms with Crippen LogP contribution in [0, 0.1) is 0 Å². The third-order valence-electron chi connectivity index (χ3n) is 5.49. The van der Waals surface area contributed by atoms with Gasteiger partial charge in [0.25, 0.3) is 0 Å². The van der Waals surface area contributed by atoms with E-state index in [1.165, 1.54) is 6.07 Å². The molecule has 0 bridgehead atoms. The summed E-state index contributed by atoms with van der Waals surface area (Å²) in [5.74, 6) is -77.2. The zero-order chi connectivity index (χ0) is 33.1. The molecule has 1 nitrogen and oxygen atoms in total. The quantitative estimate of drug-likeness (QED) is 0.224. The Kier molecular flexibility index (Phi) is 9.11. The molecule has 0 aromatic heterocycles. The van der Waals surface area contributed by atoms with Crippen LogP contribution in [0.2, 0.25) is 0 Å². The molecule has 0 saturated heterocycles. The highest BCUT2D eigenvalue weighted by Gasteiger charge is 2.97. The Morgan fingerprint density at radius 1 is 0.439 bits per heavy atom. The first-order valence-electron chi connectivity index (χ1n) is 9.94. The van der Waals surface area contributed by atoms with Gasteiger partial charge in [-0.05, 0) is 12.0 Å². The van der Waals surface area contributed by atoms with Crippen LogP contribution in [0.5, 0.6) is 0 Å². The minimum Gasteiger partial charge on any atom is -0.388 e. The third kappa shape index (κ3) is 5.14. The van der Waals surface area contributed by atoms with Crippen LogP contribution in [0.3, 0.4) is 0 Å². The summed E-state index contributed by atoms with van der Waals surface area (Å²) in [4.78, 5) is 0. The minimum atomic E-state index is -9.19. The van der Waals surface area contributed by atoms with E-state index in [2.05, 4.69) is 0 Å². The Hall–Kier alpha value is -2.29. The highest BCUT2D eigenvalue weighted by Crippen LogP contribution is 2.66. The number of rotatable bonds is 12. The van der Waals surface area contributed by atoms with E-state index >= 15 is 0 Å². The van der Waals surface area contributed by atoms with Gasteiger partial charge in [0.05, 0.1) is 6.10 Å². The van der Waals surface area contributed by atoms with Gasteiger partial charge in [0.1, 0.15) is 0 Å². The molecule has 22 heteroatoms. The van der Waals surface area contributed by atoms with E-state index in [-0.39, 0.29) is 0 Å². The van der Waals surface area contributed by atoms with Crippen LogP contribution >= 0.6 is 0 Å². The predicted octanol–water partition coefficient (Wildman–Crippen LogP) is 8.78. The van der Waals surface area contributed by atoms with Gasteiger partial charge < -0.3 is 5.11 Å². The standard InChI is InChI=1S/C19H11F21O/c20-10(21,7-6-9(41)8-4-2-1-3-5-8)11(22,23)12(24,25)13(26,27)14(28,29)15(30,31)16(32,33)17(34,35)18(36,37)19(38,39)40/h1-5,9,41H,6-7H2. The fourth-order valence-corrected chi connectivity index (χ4v) is 2.91. The summed E-state index contributed by atoms with van der Waals surface area (Å²) in [5.41, 5.74) is -0.409. The molecule has 1 aromatic carbocycles. The van der Waals surface area contributed by atoms with Crippen LogP contribution in [0.4, 0.5) is 92.2 Å². The first-order chi connectivity index (χ1) is 17.7. The molecule has 0 aliphatic rings. The first-order valence-corrected chi connectivity index (χ1v) is 9.94. The smallest absolute Gasteiger partial charge is 0.388 e. The molecule has 1 N–H and O–H groups in total. The Morgan fingerprint density at radius 3 is 1.05 bits per heavy atom. The number of aliphatic hydroxyl groups excluding tert-OH is 1. The van der Waals surface area contributed by atoms with E-state index in [1.807, 2.05) is 0 Å². The summed E-state index contributed by atoms with van der Waals surface area (Å²) < 4.78 is 280. The molecule has 0 aliphatic carbocycles. The van der Waals surface area contributed by atoms with E-state index in [1.54, 1.807) is 0 Å². The lowest BCUT2D eigenvalue weighted by Gasteiger charge is -2.44. The molecule has 0 saturated carbocycles. The van der Waals surface area contributed by atoms with Gasteiger partial charge in [0.15, 0.2) is 0 Å². The van der Waals surface area contributed by atoms with E-state index < -0.39 is 84.0 Å². The van der Waals surface area contributed by atoms with Gasteiger partial charge in [-0.2, -0.15) is 92.2 Å². The fourth-order valence-electron chi connectivity index (χ4n) is 2.91. The summed E-state index contributed by atoms with van der Waals surface area (Å²) in [7, 11) is 0. The summed E-state index contributed by atoms with van der Waals surface area (Å²) in [6.07, 6.45) is -14.9. The molecule has 0 radical (unpaired) electrons. The second-order valence-corrected chi connectivity index (χ2v) is 8.26. The predicted molar refractivity (Wildman–Crippen MR) is 91.2 cm³/mol. The monoisotopic (exact) mass is 654 g/mol. The van der Waals surface area contributed by atoms with Gasteiger partial charge in [0, 0.05) is 6.42 Å². The van der Waals surface area contributed by atoms with E-state index in [4.69, 9.17) is 0 Å². The van der Waals surface area contributed by atoms with Gasteiger partial charge in [0.2, 0.25) is 0 Å². The number of hydrogen-bond donors (Lipinski definition) is 1. The Balaban J connectivity index is 3.58. The molecule has 0 fully saturated rings. The highest BCUT2D eigenvalue weighted by molar-refractivity contribution is 5.19. The van der Waals surface area contributed by atoms with Gasteiger partial charge in [-0.15, -0.1) is 0 Å². The van der Waals surface area contributed by atoms with E-state index in [0.717, 1.165) is 24.3 Å². The van der Waals surface area contributed by atoms with Crippen molar-refractivity contribution in [3.63, 3.8) is 0 Å². The van der Waals surface area contributed by atoms with Crippen LogP contribution in [-0.4, -0.2) is 64.6 Å². The zero-order valence-electron chi connectivity index (χ0n) is 18.8. The Bertz CT molecular complexity index is 1040. The maximum atomic E-state index is 13.9. The first kappa shape index (κ1) is 36.7. The molecular formula is C19H11F21O. The van der Waals surface area contributed by atoms with Crippen molar-refractivity contribution in [3.8, 4) is 0 Å². The van der Waals surface area contributed by atoms with Crippen LogP contribution in [0.1, 0.15) is 24.5 Å². The lowest BCUT2D eigenvalue weighted by molar-refractivity contribution is -0.474. The van der Waals surface area contributed by atoms with Crippen molar-refractivity contribution in [2.24, 2.45) is 0 Å². The van der Waals surface area contributed by atoms with Crippen LogP contribution < -0.4 is 0 Å². The number of benzene rings is 1. The largest absolute Gasteiger partial charge is 0.460 e. The van der Waals surface area contributed by atoms with Crippen molar-refractivity contribution >= 4 is 0 Å². The van der Waals surface area contributed by atoms with Gasteiger partial charge in [-0.25, -0.2) is 0 Å². The zero-order valence-corrected chi connectivity index (χ0v) is 18.8. The molecular weight excluding hydrogens is 643 g/mol. The molecule has 1 atom stereocenters. The SMILES string of the molecule is OC(CCC(F)(F)C(F)(F)C(F)(F)C(F)(F)C(F)(F)C(F)(F)C(F)(F)C(F)(F)C(F)(F)C(F)(F)F)c1ccccc1. The summed E-state index contributed by atoms with van der Waals surface area (Å²) in [5, 5.41) is 9.61. The summed E-state index contributed by atoms with van der Waals surface area (Å²) in [6.45, 7) is 0. The van der Waals surface area contributed by atoms with Crippen molar-refractivity contribution in [1.29, 1.82) is 0 Å². The number of halogens is 21. The average molecular weight is 654 g/mol. The average Bonchev–Trinajstić information content (AvgIpc) is 2.81. The van der Waals surface area contributed by atoms with Crippen molar-refractivity contribution < 1.29 is 97.3 Å². The van der Waals surface area contributed by atoms with E-state index in [9.17, 15) is 97.3 Å². The number of hydrogen-bond acceptors (Lipinski definition) is 1. The van der Waals surface area contributed by atoms with Gasteiger partial charge in [-0.1, -0.05) is 30.3 Å². The Labute approximate surface area is 212 Å². The van der Waals surface area contributed by atoms with Crippen molar-refractivity contribution in [2.45, 2.75) is 78.4 Å². The lowest BCUT2D eigenvalue weighted by atomic mass is 9.85. The number of aliphatic hydroxyl groups is 1. The molecule has 1 aromatic rings. The molecule has 1 unspecified atom stereocenters. The van der Waals surface area contributed by atoms with Crippen LogP contribution in [0.15, 0.2) is 30.3 Å². The maximum absolute atomic E-state index is 13.9. The molecule has 41 heavy (non-hydrogen) atoms. The normalized spacial score (nSPS) is 16.6. The Morgan fingerprint density at radius 2 is 0.732 bits per heavy atom. The van der Waals surface area contributed by atoms with E-state index in [0.29, 0.717) is 0 Å². The minimum absolute atomic E-state index is 0.409. The van der Waals surface area contributed by atoms with Crippen molar-refractivity contribution in [3.05, 3.63) is 35.9 Å². The lowest BCUT2D eigenvalue weighted by Crippen LogP contribution is -2.76. The fraction of sp³-hybridized carbons (Fsp3) is 0.684. The molecule has 0 amide bonds. The molecule has 0 spiro atoms. The van der Waals surface area contributed by atoms with Crippen LogP contribution in [0.25, 0.3) is 0 Å². The van der Waals surface area contributed by atoms with Crippen molar-refractivity contribution in [1.82, 2.24) is 0 Å². The summed E-state index contributed by atoms with van der Waals surface area (Å²) in [6, 6.07) is 5.23. The second kappa shape index (κ2) is 10.2. The number of alkyl halides is 21. The molecule has 0 aliphatic heterocycles. The second-order valence-electron chi connectivity index (χ2n) is 8.26. The highest BCUT2D eigenvalue weighted by atomic mass is 19.4. The molecule has 240 valence electrons. The molecule has 0 heterocycles. The van der Waals surface area contributed by atoms with Crippen LogP contribution in [-0.2, 0) is 0 Å². The third-order valence-corrected chi connectivity index (χ3v) is 5.49. The summed E-state index contributed by atoms with van der Waals surface area (Å²) >= 11 is 0. The topological polar surface area (TPSA) is 20.2 Å². The van der Waals surface area contributed by atoms with Gasteiger partial charge >= 0.3 is 59.5 Å².